The van der Waals surface area contributed by atoms with E-state index in [1.807, 2.05) is 13.2 Å². The SMILES string of the molecule is CSCC[C@@H](C)NC(=O)[C@H](C)O. The van der Waals surface area contributed by atoms with E-state index < -0.39 is 6.10 Å². The van der Waals surface area contributed by atoms with Gasteiger partial charge in [-0.05, 0) is 32.3 Å². The van der Waals surface area contributed by atoms with Crippen LogP contribution in [0.5, 0.6) is 0 Å². The fourth-order valence-corrected chi connectivity index (χ4v) is 1.32. The van der Waals surface area contributed by atoms with Gasteiger partial charge in [-0.25, -0.2) is 0 Å². The second-order valence-corrected chi connectivity index (χ2v) is 3.85. The molecule has 72 valence electrons. The molecule has 0 aliphatic heterocycles. The van der Waals surface area contributed by atoms with E-state index in [1.165, 1.54) is 6.92 Å². The molecule has 0 bridgehead atoms. The number of hydrogen-bond acceptors (Lipinski definition) is 3. The van der Waals surface area contributed by atoms with Crippen LogP contribution < -0.4 is 5.32 Å². The zero-order valence-corrected chi connectivity index (χ0v) is 8.65. The standard InChI is InChI=1S/C8H17NO2S/c1-6(4-5-12-3)9-8(11)7(2)10/h6-7,10H,4-5H2,1-3H3,(H,9,11)/t6-,7+/m1/s1. The van der Waals surface area contributed by atoms with Crippen molar-refractivity contribution in [1.29, 1.82) is 0 Å². The van der Waals surface area contributed by atoms with Crippen molar-refractivity contribution in [3.8, 4) is 0 Å². The fourth-order valence-electron chi connectivity index (χ4n) is 0.730. The molecule has 0 unspecified atom stereocenters. The summed E-state index contributed by atoms with van der Waals surface area (Å²) in [6, 6.07) is 0.152. The van der Waals surface area contributed by atoms with Crippen LogP contribution in [-0.4, -0.2) is 35.2 Å². The molecule has 12 heavy (non-hydrogen) atoms. The number of rotatable bonds is 5. The largest absolute Gasteiger partial charge is 0.384 e. The van der Waals surface area contributed by atoms with Crippen LogP contribution in [0.4, 0.5) is 0 Å². The number of thioether (sulfide) groups is 1. The first kappa shape index (κ1) is 11.8. The molecule has 0 fully saturated rings. The third-order valence-corrected chi connectivity index (χ3v) is 2.17. The molecule has 0 aliphatic carbocycles. The molecule has 0 spiro atoms. The van der Waals surface area contributed by atoms with Crippen molar-refractivity contribution >= 4 is 17.7 Å². The maximum Gasteiger partial charge on any atom is 0.248 e. The molecule has 0 radical (unpaired) electrons. The smallest absolute Gasteiger partial charge is 0.248 e. The molecule has 0 saturated carbocycles. The maximum atomic E-state index is 10.9. The number of amides is 1. The van der Waals surface area contributed by atoms with E-state index in [1.54, 1.807) is 11.8 Å². The van der Waals surface area contributed by atoms with Crippen LogP contribution in [0.2, 0.25) is 0 Å². The quantitative estimate of drug-likeness (QED) is 0.670. The van der Waals surface area contributed by atoms with Crippen LogP contribution in [0.25, 0.3) is 0 Å². The fraction of sp³-hybridized carbons (Fsp3) is 0.875. The summed E-state index contributed by atoms with van der Waals surface area (Å²) in [5.74, 6) is 0.741. The average molecular weight is 191 g/mol. The minimum atomic E-state index is -0.901. The lowest BCUT2D eigenvalue weighted by Gasteiger charge is -2.14. The molecule has 1 amide bonds. The van der Waals surface area contributed by atoms with Gasteiger partial charge in [-0.1, -0.05) is 0 Å². The summed E-state index contributed by atoms with van der Waals surface area (Å²) in [6.07, 6.45) is 2.07. The van der Waals surface area contributed by atoms with Crippen molar-refractivity contribution in [2.75, 3.05) is 12.0 Å². The average Bonchev–Trinajstić information content (AvgIpc) is 2.00. The van der Waals surface area contributed by atoms with E-state index >= 15 is 0 Å². The number of carbonyl (C=O) groups excluding carboxylic acids is 1. The molecule has 0 heterocycles. The Kier molecular flexibility index (Phi) is 6.20. The molecule has 0 rings (SSSR count). The number of aliphatic hydroxyl groups is 1. The van der Waals surface area contributed by atoms with Gasteiger partial charge in [0, 0.05) is 6.04 Å². The first-order valence-electron chi connectivity index (χ1n) is 4.05. The van der Waals surface area contributed by atoms with E-state index in [4.69, 9.17) is 5.11 Å². The number of hydrogen-bond donors (Lipinski definition) is 2. The van der Waals surface area contributed by atoms with Crippen LogP contribution in [0.1, 0.15) is 20.3 Å². The van der Waals surface area contributed by atoms with Gasteiger partial charge in [-0.2, -0.15) is 11.8 Å². The second kappa shape index (κ2) is 6.31. The molecule has 0 aromatic carbocycles. The lowest BCUT2D eigenvalue weighted by atomic mass is 10.2. The van der Waals surface area contributed by atoms with E-state index in [-0.39, 0.29) is 11.9 Å². The van der Waals surface area contributed by atoms with Crippen LogP contribution in [0.3, 0.4) is 0 Å². The molecule has 0 aromatic rings. The number of carbonyl (C=O) groups is 1. The van der Waals surface area contributed by atoms with Crippen molar-refractivity contribution in [2.45, 2.75) is 32.4 Å². The highest BCUT2D eigenvalue weighted by Gasteiger charge is 2.11. The van der Waals surface area contributed by atoms with Crippen LogP contribution in [0.15, 0.2) is 0 Å². The van der Waals surface area contributed by atoms with Crippen LogP contribution in [0, 0.1) is 0 Å². The highest BCUT2D eigenvalue weighted by atomic mass is 32.2. The Morgan fingerprint density at radius 1 is 1.58 bits per heavy atom. The van der Waals surface area contributed by atoms with Gasteiger partial charge in [0.05, 0.1) is 0 Å². The van der Waals surface area contributed by atoms with Gasteiger partial charge in [-0.3, -0.25) is 4.79 Å². The van der Waals surface area contributed by atoms with Gasteiger partial charge in [0.1, 0.15) is 6.10 Å². The highest BCUT2D eigenvalue weighted by molar-refractivity contribution is 7.98. The topological polar surface area (TPSA) is 49.3 Å². The van der Waals surface area contributed by atoms with E-state index in [0.29, 0.717) is 0 Å². The first-order valence-corrected chi connectivity index (χ1v) is 5.44. The second-order valence-electron chi connectivity index (χ2n) is 2.87. The van der Waals surface area contributed by atoms with E-state index in [9.17, 15) is 4.79 Å². The van der Waals surface area contributed by atoms with Crippen molar-refractivity contribution < 1.29 is 9.90 Å². The summed E-state index contributed by atoms with van der Waals surface area (Å²) in [7, 11) is 0. The Balaban J connectivity index is 3.54. The summed E-state index contributed by atoms with van der Waals surface area (Å²) in [6.45, 7) is 3.41. The predicted molar refractivity (Wildman–Crippen MR) is 52.3 cm³/mol. The number of nitrogens with one attached hydrogen (secondary N) is 1. The Bertz CT molecular complexity index is 139. The molecule has 0 aliphatic rings. The Labute approximate surface area is 77.9 Å². The summed E-state index contributed by atoms with van der Waals surface area (Å²) in [5, 5.41) is 11.6. The van der Waals surface area contributed by atoms with Crippen LogP contribution >= 0.6 is 11.8 Å². The minimum absolute atomic E-state index is 0.152. The number of aliphatic hydroxyl groups excluding tert-OH is 1. The van der Waals surface area contributed by atoms with Gasteiger partial charge in [0.2, 0.25) is 5.91 Å². The van der Waals surface area contributed by atoms with Crippen molar-refractivity contribution in [3.05, 3.63) is 0 Å². The summed E-state index contributed by atoms with van der Waals surface area (Å²) in [5.41, 5.74) is 0. The third-order valence-electron chi connectivity index (χ3n) is 1.52. The van der Waals surface area contributed by atoms with E-state index in [2.05, 4.69) is 5.32 Å². The normalized spacial score (nSPS) is 15.3. The molecular formula is C8H17NO2S. The molecule has 3 nitrogen and oxygen atoms in total. The van der Waals surface area contributed by atoms with E-state index in [0.717, 1.165) is 12.2 Å². The predicted octanol–water partition coefficient (Wildman–Crippen LogP) is 0.625. The molecular weight excluding hydrogens is 174 g/mol. The van der Waals surface area contributed by atoms with Crippen molar-refractivity contribution in [2.24, 2.45) is 0 Å². The molecule has 0 saturated heterocycles. The van der Waals surface area contributed by atoms with Gasteiger partial charge in [-0.15, -0.1) is 0 Å². The lowest BCUT2D eigenvalue weighted by molar-refractivity contribution is -0.129. The Hall–Kier alpha value is -0.220. The van der Waals surface area contributed by atoms with Gasteiger partial charge >= 0.3 is 0 Å². The van der Waals surface area contributed by atoms with Gasteiger partial charge in [0.15, 0.2) is 0 Å². The monoisotopic (exact) mass is 191 g/mol. The van der Waals surface area contributed by atoms with Gasteiger partial charge in [0.25, 0.3) is 0 Å². The highest BCUT2D eigenvalue weighted by Crippen LogP contribution is 1.99. The Morgan fingerprint density at radius 2 is 2.17 bits per heavy atom. The lowest BCUT2D eigenvalue weighted by Crippen LogP contribution is -2.38. The first-order chi connectivity index (χ1) is 5.57. The molecule has 2 N–H and O–H groups in total. The van der Waals surface area contributed by atoms with Crippen molar-refractivity contribution in [1.82, 2.24) is 5.32 Å². The van der Waals surface area contributed by atoms with Crippen molar-refractivity contribution in [3.63, 3.8) is 0 Å². The van der Waals surface area contributed by atoms with Crippen LogP contribution in [-0.2, 0) is 4.79 Å². The summed E-state index contributed by atoms with van der Waals surface area (Å²) in [4.78, 5) is 10.9. The third kappa shape index (κ3) is 5.43. The minimum Gasteiger partial charge on any atom is -0.384 e. The zero-order valence-electron chi connectivity index (χ0n) is 7.83. The maximum absolute atomic E-state index is 10.9. The molecule has 0 aromatic heterocycles. The zero-order chi connectivity index (χ0) is 9.56. The molecule has 2 atom stereocenters. The van der Waals surface area contributed by atoms with Gasteiger partial charge < -0.3 is 10.4 Å². The summed E-state index contributed by atoms with van der Waals surface area (Å²) < 4.78 is 0. The Morgan fingerprint density at radius 3 is 2.58 bits per heavy atom. The molecule has 4 heteroatoms. The summed E-state index contributed by atoms with van der Waals surface area (Å²) >= 11 is 1.75.